The summed E-state index contributed by atoms with van der Waals surface area (Å²) in [4.78, 5) is 12.2. The minimum Gasteiger partial charge on any atom is -0.402 e. The minimum absolute atomic E-state index is 0.00812. The largest absolute Gasteiger partial charge is 0.402 e. The molecule has 2 N–H and O–H groups in total. The highest BCUT2D eigenvalue weighted by Crippen LogP contribution is 2.44. The minimum atomic E-state index is -0.00812. The van der Waals surface area contributed by atoms with Crippen LogP contribution in [0.25, 0.3) is 22.5 Å². The van der Waals surface area contributed by atoms with Crippen LogP contribution in [0.15, 0.2) is 35.0 Å². The van der Waals surface area contributed by atoms with E-state index in [1.165, 1.54) is 34.9 Å². The molecule has 1 aromatic carbocycles. The fourth-order valence-electron chi connectivity index (χ4n) is 3.80. The Morgan fingerprint density at radius 3 is 2.70 bits per heavy atom. The van der Waals surface area contributed by atoms with Crippen molar-refractivity contribution >= 4 is 16.9 Å². The number of nitrogens with one attached hydrogen (secondary N) is 2. The van der Waals surface area contributed by atoms with Crippen molar-refractivity contribution in [3.63, 3.8) is 0 Å². The number of hydrogen-bond acceptors (Lipinski definition) is 6. The third kappa shape index (κ3) is 3.56. The zero-order valence-corrected chi connectivity index (χ0v) is 17.8. The molecular weight excluding hydrogens is 376 g/mol. The maximum Gasteiger partial charge on any atom is 0.316 e. The lowest BCUT2D eigenvalue weighted by Gasteiger charge is -2.23. The second-order valence-corrected chi connectivity index (χ2v) is 9.12. The molecule has 1 aliphatic carbocycles. The van der Waals surface area contributed by atoms with Crippen LogP contribution in [-0.4, -0.2) is 25.1 Å². The van der Waals surface area contributed by atoms with Crippen LogP contribution in [0.4, 0.5) is 6.01 Å². The number of aryl methyl sites for hydroxylation is 1. The smallest absolute Gasteiger partial charge is 0.316 e. The zero-order chi connectivity index (χ0) is 20.9. The molecule has 0 atom stereocenters. The van der Waals surface area contributed by atoms with Crippen molar-refractivity contribution in [1.82, 2.24) is 25.1 Å². The lowest BCUT2D eigenvalue weighted by Crippen LogP contribution is -2.13. The summed E-state index contributed by atoms with van der Waals surface area (Å²) < 4.78 is 5.83. The number of nitrogens with zero attached hydrogens (tertiary/aromatic N) is 4. The average Bonchev–Trinajstić information content (AvgIpc) is 3.22. The third-order valence-corrected chi connectivity index (χ3v) is 5.61. The van der Waals surface area contributed by atoms with E-state index in [9.17, 15) is 0 Å². The van der Waals surface area contributed by atoms with E-state index in [2.05, 4.69) is 65.3 Å². The van der Waals surface area contributed by atoms with E-state index < -0.39 is 0 Å². The van der Waals surface area contributed by atoms with Gasteiger partial charge < -0.3 is 14.7 Å². The predicted molar refractivity (Wildman–Crippen MR) is 116 cm³/mol. The molecule has 154 valence electrons. The van der Waals surface area contributed by atoms with Crippen LogP contribution in [0, 0.1) is 6.92 Å². The summed E-state index contributed by atoms with van der Waals surface area (Å²) in [5.74, 6) is 1.91. The van der Waals surface area contributed by atoms with E-state index in [4.69, 9.17) is 9.40 Å². The summed E-state index contributed by atoms with van der Waals surface area (Å²) in [7, 11) is 0. The molecule has 0 radical (unpaired) electrons. The molecule has 1 fully saturated rings. The molecule has 7 heteroatoms. The van der Waals surface area contributed by atoms with Gasteiger partial charge in [0.25, 0.3) is 5.89 Å². The molecule has 1 aliphatic rings. The van der Waals surface area contributed by atoms with E-state index in [0.29, 0.717) is 30.1 Å². The van der Waals surface area contributed by atoms with Gasteiger partial charge in [-0.1, -0.05) is 31.9 Å². The Hall–Kier alpha value is -3.22. The molecule has 5 rings (SSSR count). The molecule has 0 unspecified atom stereocenters. The van der Waals surface area contributed by atoms with E-state index >= 15 is 0 Å². The Kier molecular flexibility index (Phi) is 4.34. The summed E-state index contributed by atoms with van der Waals surface area (Å²) in [5, 5.41) is 12.6. The quantitative estimate of drug-likeness (QED) is 0.482. The van der Waals surface area contributed by atoms with Crippen molar-refractivity contribution in [2.24, 2.45) is 0 Å². The van der Waals surface area contributed by atoms with Gasteiger partial charge in [0.15, 0.2) is 0 Å². The molecule has 0 spiro atoms. The van der Waals surface area contributed by atoms with Crippen LogP contribution >= 0.6 is 0 Å². The highest BCUT2D eigenvalue weighted by atomic mass is 16.4. The van der Waals surface area contributed by atoms with Gasteiger partial charge in [0, 0.05) is 17.8 Å². The second kappa shape index (κ2) is 6.93. The monoisotopic (exact) mass is 402 g/mol. The SMILES string of the molecule is Cc1cc(-c2nnc(NCc3ncc[nH]3)o2)nc2c(C(C)(C)C)cc(C3CC3)cc12. The second-order valence-electron chi connectivity index (χ2n) is 9.12. The lowest BCUT2D eigenvalue weighted by atomic mass is 9.83. The van der Waals surface area contributed by atoms with E-state index in [0.717, 1.165) is 11.3 Å². The van der Waals surface area contributed by atoms with Gasteiger partial charge in [0.2, 0.25) is 0 Å². The molecule has 4 aromatic rings. The van der Waals surface area contributed by atoms with E-state index in [1.54, 1.807) is 12.4 Å². The number of imidazole rings is 1. The van der Waals surface area contributed by atoms with Crippen molar-refractivity contribution in [1.29, 1.82) is 0 Å². The first-order valence-corrected chi connectivity index (χ1v) is 10.4. The van der Waals surface area contributed by atoms with Gasteiger partial charge in [-0.2, -0.15) is 0 Å². The molecule has 0 saturated heterocycles. The summed E-state index contributed by atoms with van der Waals surface area (Å²) in [6.45, 7) is 9.34. The van der Waals surface area contributed by atoms with Gasteiger partial charge >= 0.3 is 6.01 Å². The first kappa shape index (κ1) is 18.8. The van der Waals surface area contributed by atoms with Crippen LogP contribution in [0.3, 0.4) is 0 Å². The van der Waals surface area contributed by atoms with Crippen molar-refractivity contribution in [3.05, 3.63) is 53.1 Å². The molecule has 30 heavy (non-hydrogen) atoms. The summed E-state index contributed by atoms with van der Waals surface area (Å²) in [6.07, 6.45) is 6.06. The van der Waals surface area contributed by atoms with Crippen molar-refractivity contribution in [2.45, 2.75) is 58.4 Å². The Morgan fingerprint density at radius 1 is 1.17 bits per heavy atom. The van der Waals surface area contributed by atoms with E-state index in [1.807, 2.05) is 6.07 Å². The summed E-state index contributed by atoms with van der Waals surface area (Å²) in [6, 6.07) is 7.05. The summed E-state index contributed by atoms with van der Waals surface area (Å²) >= 11 is 0. The van der Waals surface area contributed by atoms with Crippen LogP contribution in [-0.2, 0) is 12.0 Å². The average molecular weight is 403 g/mol. The van der Waals surface area contributed by atoms with Crippen molar-refractivity contribution in [2.75, 3.05) is 5.32 Å². The van der Waals surface area contributed by atoms with Crippen molar-refractivity contribution < 1.29 is 4.42 Å². The molecule has 3 aromatic heterocycles. The molecule has 1 saturated carbocycles. The number of anilines is 1. The number of benzene rings is 1. The number of aromatic amines is 1. The van der Waals surface area contributed by atoms with Gasteiger partial charge in [0.05, 0.1) is 12.1 Å². The molecule has 3 heterocycles. The normalized spacial score (nSPS) is 14.4. The molecule has 7 nitrogen and oxygen atoms in total. The number of H-pyrrole nitrogens is 1. The maximum atomic E-state index is 5.83. The number of hydrogen-bond donors (Lipinski definition) is 2. The van der Waals surface area contributed by atoms with Crippen LogP contribution in [0.5, 0.6) is 0 Å². The Labute approximate surface area is 175 Å². The predicted octanol–water partition coefficient (Wildman–Crippen LogP) is 5.10. The summed E-state index contributed by atoms with van der Waals surface area (Å²) in [5.41, 5.74) is 5.58. The molecule has 0 amide bonds. The van der Waals surface area contributed by atoms with Gasteiger partial charge in [-0.3, -0.25) is 0 Å². The molecule has 0 aliphatic heterocycles. The van der Waals surface area contributed by atoms with Gasteiger partial charge in [-0.15, -0.1) is 5.10 Å². The van der Waals surface area contributed by atoms with Gasteiger partial charge in [0.1, 0.15) is 11.5 Å². The first-order valence-electron chi connectivity index (χ1n) is 10.4. The number of aromatic nitrogens is 5. The Balaban J connectivity index is 1.53. The van der Waals surface area contributed by atoms with Crippen molar-refractivity contribution in [3.8, 4) is 11.6 Å². The standard InChI is InChI=1S/C23H26N6O/c1-13-9-18(21-28-29-22(30-21)26-12-19-24-7-8-25-19)27-20-16(13)10-15(14-5-6-14)11-17(20)23(2,3)4/h7-11,14H,5-6,12H2,1-4H3,(H,24,25)(H,26,29). The Bertz CT molecular complexity index is 1200. The van der Waals surface area contributed by atoms with Gasteiger partial charge in [-0.25, -0.2) is 9.97 Å². The number of fused-ring (bicyclic) bond motifs is 1. The van der Waals surface area contributed by atoms with Crippen LogP contribution in [0.1, 0.15) is 62.0 Å². The zero-order valence-electron chi connectivity index (χ0n) is 17.8. The van der Waals surface area contributed by atoms with E-state index in [-0.39, 0.29) is 5.41 Å². The molecular formula is C23H26N6O. The van der Waals surface area contributed by atoms with Crippen LogP contribution in [0.2, 0.25) is 0 Å². The fourth-order valence-corrected chi connectivity index (χ4v) is 3.80. The van der Waals surface area contributed by atoms with Crippen LogP contribution < -0.4 is 5.32 Å². The molecule has 0 bridgehead atoms. The fraction of sp³-hybridized carbons (Fsp3) is 0.391. The lowest BCUT2D eigenvalue weighted by molar-refractivity contribution is 0.577. The topological polar surface area (TPSA) is 92.5 Å². The number of rotatable bonds is 5. The highest BCUT2D eigenvalue weighted by Gasteiger charge is 2.28. The third-order valence-electron chi connectivity index (χ3n) is 5.61. The maximum absolute atomic E-state index is 5.83. The van der Waals surface area contributed by atoms with Gasteiger partial charge in [-0.05, 0) is 59.9 Å². The highest BCUT2D eigenvalue weighted by molar-refractivity contribution is 5.88. The number of pyridine rings is 1. The Morgan fingerprint density at radius 2 is 2.00 bits per heavy atom. The first-order chi connectivity index (χ1) is 14.4.